The molecule has 2 aromatic rings. The van der Waals surface area contributed by atoms with Crippen molar-refractivity contribution >= 4 is 17.8 Å². The number of nitrogens with zero attached hydrogens (tertiary/aromatic N) is 1. The van der Waals surface area contributed by atoms with Gasteiger partial charge in [0.2, 0.25) is 0 Å². The smallest absolute Gasteiger partial charge is 0.387 e. The van der Waals surface area contributed by atoms with E-state index in [-0.39, 0.29) is 29.8 Å². The summed E-state index contributed by atoms with van der Waals surface area (Å²) in [5, 5.41) is 0. The number of hydrogen-bond donors (Lipinski definition) is 0. The maximum absolute atomic E-state index is 12.4. The zero-order valence-electron chi connectivity index (χ0n) is 17.1. The molecule has 0 bridgehead atoms. The quantitative estimate of drug-likeness (QED) is 0.440. The molecule has 2 aromatic carbocycles. The van der Waals surface area contributed by atoms with Gasteiger partial charge in [0.15, 0.2) is 23.9 Å². The van der Waals surface area contributed by atoms with Crippen molar-refractivity contribution in [2.45, 2.75) is 19.5 Å². The normalized spacial score (nSPS) is 13.6. The van der Waals surface area contributed by atoms with E-state index in [4.69, 9.17) is 9.47 Å². The molecule has 31 heavy (non-hydrogen) atoms. The fourth-order valence-corrected chi connectivity index (χ4v) is 3.17. The second-order valence-corrected chi connectivity index (χ2v) is 6.89. The molecule has 0 aromatic heterocycles. The average Bonchev–Trinajstić information content (AvgIpc) is 3.31. The number of allylic oxidation sites excluding steroid dienone is 1. The number of benzene rings is 2. The second-order valence-electron chi connectivity index (χ2n) is 6.89. The summed E-state index contributed by atoms with van der Waals surface area (Å²) >= 11 is 0. The van der Waals surface area contributed by atoms with E-state index in [1.807, 2.05) is 0 Å². The van der Waals surface area contributed by atoms with E-state index in [1.165, 1.54) is 25.3 Å². The van der Waals surface area contributed by atoms with Crippen LogP contribution < -0.4 is 14.2 Å². The van der Waals surface area contributed by atoms with Crippen LogP contribution in [0.2, 0.25) is 0 Å². The summed E-state index contributed by atoms with van der Waals surface area (Å²) in [6, 6.07) is 10.9. The molecule has 1 aliphatic rings. The van der Waals surface area contributed by atoms with Crippen LogP contribution in [0, 0.1) is 0 Å². The molecule has 0 radical (unpaired) electrons. The molecule has 1 fully saturated rings. The van der Waals surface area contributed by atoms with Gasteiger partial charge in [-0.15, -0.1) is 0 Å². The summed E-state index contributed by atoms with van der Waals surface area (Å²) in [6.45, 7) is -1.44. The van der Waals surface area contributed by atoms with E-state index in [0.717, 1.165) is 25.9 Å². The Hall–Kier alpha value is -3.42. The number of carbonyl (C=O) groups is 2. The lowest BCUT2D eigenvalue weighted by Gasteiger charge is -2.15. The Morgan fingerprint density at radius 1 is 1.06 bits per heavy atom. The summed E-state index contributed by atoms with van der Waals surface area (Å²) in [5.74, 6) is 0.277. The van der Waals surface area contributed by atoms with Gasteiger partial charge in [0, 0.05) is 18.7 Å². The first-order valence-corrected chi connectivity index (χ1v) is 9.82. The largest absolute Gasteiger partial charge is 0.493 e. The van der Waals surface area contributed by atoms with Gasteiger partial charge in [0.1, 0.15) is 5.75 Å². The SMILES string of the molecule is COc1cc(C=CC(=O)c2ccc(OCC(=O)N3CCCC3)cc2)ccc1OC(F)F. The van der Waals surface area contributed by atoms with Gasteiger partial charge in [-0.2, -0.15) is 8.78 Å². The summed E-state index contributed by atoms with van der Waals surface area (Å²) in [4.78, 5) is 26.2. The summed E-state index contributed by atoms with van der Waals surface area (Å²) in [7, 11) is 1.34. The van der Waals surface area contributed by atoms with Gasteiger partial charge in [0.25, 0.3) is 5.91 Å². The molecule has 1 aliphatic heterocycles. The highest BCUT2D eigenvalue weighted by Gasteiger charge is 2.18. The third-order valence-corrected chi connectivity index (χ3v) is 4.79. The first kappa shape index (κ1) is 22.3. The maximum Gasteiger partial charge on any atom is 0.387 e. The van der Waals surface area contributed by atoms with Crippen molar-refractivity contribution in [1.29, 1.82) is 0 Å². The lowest BCUT2D eigenvalue weighted by molar-refractivity contribution is -0.132. The molecule has 164 valence electrons. The van der Waals surface area contributed by atoms with E-state index in [0.29, 0.717) is 16.9 Å². The minimum Gasteiger partial charge on any atom is -0.493 e. The van der Waals surface area contributed by atoms with Crippen LogP contribution in [-0.4, -0.2) is 50.0 Å². The number of carbonyl (C=O) groups excluding carboxylic acids is 2. The van der Waals surface area contributed by atoms with Crippen molar-refractivity contribution in [1.82, 2.24) is 4.90 Å². The first-order chi connectivity index (χ1) is 15.0. The third kappa shape index (κ3) is 6.28. The third-order valence-electron chi connectivity index (χ3n) is 4.79. The van der Waals surface area contributed by atoms with Crippen molar-refractivity contribution in [3.63, 3.8) is 0 Å². The van der Waals surface area contributed by atoms with Gasteiger partial charge in [-0.05, 0) is 60.9 Å². The fraction of sp³-hybridized carbons (Fsp3) is 0.304. The number of methoxy groups -OCH3 is 1. The summed E-state index contributed by atoms with van der Waals surface area (Å²) in [5.41, 5.74) is 1.03. The van der Waals surface area contributed by atoms with E-state index in [1.54, 1.807) is 41.3 Å². The standard InChI is InChI=1S/C23H23F2NO5/c1-29-21-14-16(5-11-20(21)31-23(24)25)4-10-19(27)17-6-8-18(9-7-17)30-15-22(28)26-12-2-3-13-26/h4-11,14,23H,2-3,12-13,15H2,1H3. The average molecular weight is 431 g/mol. The molecule has 3 rings (SSSR count). The Balaban J connectivity index is 1.57. The zero-order chi connectivity index (χ0) is 22.2. The van der Waals surface area contributed by atoms with Crippen LogP contribution >= 0.6 is 0 Å². The van der Waals surface area contributed by atoms with Crippen LogP contribution in [0.15, 0.2) is 48.5 Å². The molecule has 0 N–H and O–H groups in total. The van der Waals surface area contributed by atoms with Gasteiger partial charge in [-0.1, -0.05) is 12.1 Å². The first-order valence-electron chi connectivity index (χ1n) is 9.82. The highest BCUT2D eigenvalue weighted by atomic mass is 19.3. The number of amides is 1. The van der Waals surface area contributed by atoms with Crippen molar-refractivity contribution in [2.24, 2.45) is 0 Å². The molecule has 0 unspecified atom stereocenters. The van der Waals surface area contributed by atoms with Gasteiger partial charge in [-0.3, -0.25) is 9.59 Å². The van der Waals surface area contributed by atoms with Gasteiger partial charge < -0.3 is 19.1 Å². The predicted octanol–water partition coefficient (Wildman–Crippen LogP) is 4.19. The van der Waals surface area contributed by atoms with Crippen molar-refractivity contribution in [3.05, 3.63) is 59.7 Å². The van der Waals surface area contributed by atoms with Gasteiger partial charge >= 0.3 is 6.61 Å². The lowest BCUT2D eigenvalue weighted by atomic mass is 10.1. The fourth-order valence-electron chi connectivity index (χ4n) is 3.17. The molecule has 8 heteroatoms. The van der Waals surface area contributed by atoms with Crippen LogP contribution in [-0.2, 0) is 4.79 Å². The second kappa shape index (κ2) is 10.6. The molecule has 1 amide bonds. The van der Waals surface area contributed by atoms with Gasteiger partial charge in [0.05, 0.1) is 7.11 Å². The Morgan fingerprint density at radius 2 is 1.77 bits per heavy atom. The minimum atomic E-state index is -2.96. The number of rotatable bonds is 9. The highest BCUT2D eigenvalue weighted by Crippen LogP contribution is 2.30. The molecular weight excluding hydrogens is 408 g/mol. The van der Waals surface area contributed by atoms with Crippen LogP contribution in [0.3, 0.4) is 0 Å². The van der Waals surface area contributed by atoms with E-state index < -0.39 is 6.61 Å². The monoisotopic (exact) mass is 431 g/mol. The van der Waals surface area contributed by atoms with E-state index in [2.05, 4.69) is 4.74 Å². The number of alkyl halides is 2. The van der Waals surface area contributed by atoms with Crippen LogP contribution in [0.4, 0.5) is 8.78 Å². The Morgan fingerprint density at radius 3 is 2.42 bits per heavy atom. The summed E-state index contributed by atoms with van der Waals surface area (Å²) in [6.07, 6.45) is 4.97. The number of ether oxygens (including phenoxy) is 3. The Kier molecular flexibility index (Phi) is 7.59. The molecule has 0 atom stereocenters. The highest BCUT2D eigenvalue weighted by molar-refractivity contribution is 6.06. The number of halogens is 2. The molecule has 6 nitrogen and oxygen atoms in total. The number of hydrogen-bond acceptors (Lipinski definition) is 5. The van der Waals surface area contributed by atoms with Crippen LogP contribution in [0.25, 0.3) is 6.08 Å². The zero-order valence-corrected chi connectivity index (χ0v) is 17.1. The predicted molar refractivity (Wildman–Crippen MR) is 111 cm³/mol. The lowest BCUT2D eigenvalue weighted by Crippen LogP contribution is -2.32. The number of ketones is 1. The van der Waals surface area contributed by atoms with E-state index >= 15 is 0 Å². The minimum absolute atomic E-state index is 0.0275. The molecule has 1 saturated heterocycles. The topological polar surface area (TPSA) is 65.1 Å². The molecular formula is C23H23F2NO5. The maximum atomic E-state index is 12.4. The van der Waals surface area contributed by atoms with Crippen molar-refractivity contribution in [2.75, 3.05) is 26.8 Å². The van der Waals surface area contributed by atoms with Crippen molar-refractivity contribution in [3.8, 4) is 17.2 Å². The molecule has 1 heterocycles. The molecule has 0 aliphatic carbocycles. The molecule has 0 saturated carbocycles. The van der Waals surface area contributed by atoms with Crippen LogP contribution in [0.1, 0.15) is 28.8 Å². The van der Waals surface area contributed by atoms with Crippen molar-refractivity contribution < 1.29 is 32.6 Å². The van der Waals surface area contributed by atoms with Gasteiger partial charge in [-0.25, -0.2) is 0 Å². The number of likely N-dealkylation sites (tertiary alicyclic amines) is 1. The van der Waals surface area contributed by atoms with Crippen LogP contribution in [0.5, 0.6) is 17.2 Å². The Bertz CT molecular complexity index is 937. The molecule has 0 spiro atoms. The summed E-state index contributed by atoms with van der Waals surface area (Å²) < 4.78 is 39.7. The van der Waals surface area contributed by atoms with E-state index in [9.17, 15) is 18.4 Å². The Labute approximate surface area is 179 Å².